The Kier molecular flexibility index (Phi) is 4.07. The molecule has 1 amide bonds. The van der Waals surface area contributed by atoms with E-state index in [-0.39, 0.29) is 6.61 Å². The number of amides is 1. The van der Waals surface area contributed by atoms with Crippen molar-refractivity contribution in [1.29, 1.82) is 0 Å². The number of halogens is 1. The number of anilines is 1. The molecule has 2 aromatic rings. The summed E-state index contributed by atoms with van der Waals surface area (Å²) in [4.78, 5) is 15.2. The molecule has 0 spiro atoms. The van der Waals surface area contributed by atoms with Crippen molar-refractivity contribution in [2.75, 3.05) is 5.32 Å². The van der Waals surface area contributed by atoms with Gasteiger partial charge in [-0.3, -0.25) is 5.32 Å². The van der Waals surface area contributed by atoms with Crippen LogP contribution in [0.2, 0.25) is 0 Å². The summed E-state index contributed by atoms with van der Waals surface area (Å²) in [5.74, 6) is -0.583. The van der Waals surface area contributed by atoms with E-state index < -0.39 is 12.0 Å². The number of hydrogen-bond donors (Lipinski definition) is 1. The number of carbonyl (C=O) groups excluding carboxylic acids is 1. The van der Waals surface area contributed by atoms with E-state index in [0.29, 0.717) is 11.4 Å². The van der Waals surface area contributed by atoms with Crippen LogP contribution >= 0.6 is 0 Å². The van der Waals surface area contributed by atoms with Crippen molar-refractivity contribution < 1.29 is 13.9 Å². The minimum atomic E-state index is -0.597. The van der Waals surface area contributed by atoms with Gasteiger partial charge in [0.1, 0.15) is 6.61 Å². The van der Waals surface area contributed by atoms with E-state index in [4.69, 9.17) is 4.74 Å². The second-order valence-corrected chi connectivity index (χ2v) is 3.95. The zero-order valence-electron chi connectivity index (χ0n) is 10.4. The molecular formula is C14H13FN2O2. The van der Waals surface area contributed by atoms with Crippen molar-refractivity contribution in [3.63, 3.8) is 0 Å². The van der Waals surface area contributed by atoms with Gasteiger partial charge in [-0.1, -0.05) is 30.3 Å². The van der Waals surface area contributed by atoms with Crippen molar-refractivity contribution in [1.82, 2.24) is 4.98 Å². The minimum absolute atomic E-state index is 0.181. The van der Waals surface area contributed by atoms with Gasteiger partial charge in [-0.25, -0.2) is 9.78 Å². The fraction of sp³-hybridized carbons (Fsp3) is 0.143. The van der Waals surface area contributed by atoms with E-state index in [2.05, 4.69) is 10.3 Å². The van der Waals surface area contributed by atoms with Gasteiger partial charge in [0.2, 0.25) is 5.95 Å². The topological polar surface area (TPSA) is 51.2 Å². The fourth-order valence-electron chi connectivity index (χ4n) is 1.53. The van der Waals surface area contributed by atoms with Gasteiger partial charge in [0.15, 0.2) is 0 Å². The quantitative estimate of drug-likeness (QED) is 0.861. The maximum absolute atomic E-state index is 12.8. The van der Waals surface area contributed by atoms with E-state index >= 15 is 0 Å². The summed E-state index contributed by atoms with van der Waals surface area (Å²) in [6.45, 7) is 1.79. The van der Waals surface area contributed by atoms with E-state index in [9.17, 15) is 9.18 Å². The lowest BCUT2D eigenvalue weighted by atomic mass is 10.2. The van der Waals surface area contributed by atoms with Gasteiger partial charge in [-0.15, -0.1) is 0 Å². The van der Waals surface area contributed by atoms with Gasteiger partial charge in [-0.05, 0) is 24.6 Å². The molecule has 19 heavy (non-hydrogen) atoms. The molecule has 1 N–H and O–H groups in total. The third-order valence-corrected chi connectivity index (χ3v) is 2.50. The number of pyridine rings is 1. The largest absolute Gasteiger partial charge is 0.444 e. The van der Waals surface area contributed by atoms with Gasteiger partial charge >= 0.3 is 6.09 Å². The van der Waals surface area contributed by atoms with E-state index in [1.54, 1.807) is 6.92 Å². The van der Waals surface area contributed by atoms with Crippen LogP contribution in [-0.4, -0.2) is 11.1 Å². The molecule has 0 unspecified atom stereocenters. The third-order valence-electron chi connectivity index (χ3n) is 2.50. The molecule has 4 nitrogen and oxygen atoms in total. The zero-order valence-corrected chi connectivity index (χ0v) is 10.4. The summed E-state index contributed by atoms with van der Waals surface area (Å²) in [6, 6.07) is 12.0. The maximum atomic E-state index is 12.8. The number of carbonyl (C=O) groups is 1. The molecule has 0 aliphatic heterocycles. The Morgan fingerprint density at radius 3 is 2.68 bits per heavy atom. The Labute approximate surface area is 110 Å². The molecule has 1 aromatic carbocycles. The van der Waals surface area contributed by atoms with Crippen LogP contribution in [0.25, 0.3) is 0 Å². The highest BCUT2D eigenvalue weighted by Crippen LogP contribution is 2.12. The summed E-state index contributed by atoms with van der Waals surface area (Å²) in [7, 11) is 0. The zero-order chi connectivity index (χ0) is 13.7. The second-order valence-electron chi connectivity index (χ2n) is 3.95. The van der Waals surface area contributed by atoms with Gasteiger partial charge in [0.05, 0.1) is 11.4 Å². The monoisotopic (exact) mass is 260 g/mol. The smallest absolute Gasteiger partial charge is 0.412 e. The van der Waals surface area contributed by atoms with Crippen LogP contribution in [0.4, 0.5) is 14.9 Å². The molecule has 0 saturated heterocycles. The molecule has 0 aliphatic carbocycles. The number of rotatable bonds is 3. The molecule has 5 heteroatoms. The van der Waals surface area contributed by atoms with Crippen molar-refractivity contribution in [3.05, 3.63) is 59.7 Å². The third kappa shape index (κ3) is 3.77. The minimum Gasteiger partial charge on any atom is -0.444 e. The molecule has 98 valence electrons. The van der Waals surface area contributed by atoms with Crippen molar-refractivity contribution in [2.24, 2.45) is 0 Å². The first kappa shape index (κ1) is 13.0. The molecule has 0 fully saturated rings. The van der Waals surface area contributed by atoms with Crippen molar-refractivity contribution in [2.45, 2.75) is 13.5 Å². The number of benzene rings is 1. The standard InChI is InChI=1S/C14H13FN2O2/c1-10-12(7-8-13(15)16-10)17-14(18)19-9-11-5-3-2-4-6-11/h2-8H,9H2,1H3,(H,17,18). The summed E-state index contributed by atoms with van der Waals surface area (Å²) >= 11 is 0. The van der Waals surface area contributed by atoms with E-state index in [1.807, 2.05) is 30.3 Å². The van der Waals surface area contributed by atoms with Gasteiger partial charge in [0.25, 0.3) is 0 Å². The number of nitrogens with zero attached hydrogens (tertiary/aromatic N) is 1. The molecule has 0 atom stereocenters. The predicted molar refractivity (Wildman–Crippen MR) is 69.2 cm³/mol. The number of aryl methyl sites for hydroxylation is 1. The lowest BCUT2D eigenvalue weighted by molar-refractivity contribution is 0.155. The molecule has 2 rings (SSSR count). The van der Waals surface area contributed by atoms with E-state index in [1.165, 1.54) is 12.1 Å². The number of aromatic nitrogens is 1. The van der Waals surface area contributed by atoms with Crippen molar-refractivity contribution >= 4 is 11.8 Å². The first-order valence-electron chi connectivity index (χ1n) is 5.76. The fourth-order valence-corrected chi connectivity index (χ4v) is 1.53. The SMILES string of the molecule is Cc1nc(F)ccc1NC(=O)OCc1ccccc1. The van der Waals surface area contributed by atoms with Crippen LogP contribution in [-0.2, 0) is 11.3 Å². The lowest BCUT2D eigenvalue weighted by Crippen LogP contribution is -2.14. The first-order chi connectivity index (χ1) is 9.15. The highest BCUT2D eigenvalue weighted by Gasteiger charge is 2.07. The highest BCUT2D eigenvalue weighted by molar-refractivity contribution is 5.85. The Bertz CT molecular complexity index is 573. The summed E-state index contributed by atoms with van der Waals surface area (Å²) in [6.07, 6.45) is -0.597. The highest BCUT2D eigenvalue weighted by atomic mass is 19.1. The predicted octanol–water partition coefficient (Wildman–Crippen LogP) is 3.28. The average molecular weight is 260 g/mol. The Balaban J connectivity index is 1.91. The van der Waals surface area contributed by atoms with Crippen LogP contribution < -0.4 is 5.32 Å². The summed E-state index contributed by atoms with van der Waals surface area (Å²) in [5, 5.41) is 2.52. The molecule has 0 bridgehead atoms. The Morgan fingerprint density at radius 2 is 2.00 bits per heavy atom. The molecular weight excluding hydrogens is 247 g/mol. The molecule has 0 aliphatic rings. The normalized spacial score (nSPS) is 10.0. The Hall–Kier alpha value is -2.43. The van der Waals surface area contributed by atoms with Crippen LogP contribution in [0.3, 0.4) is 0 Å². The average Bonchev–Trinajstić information content (AvgIpc) is 2.41. The summed E-state index contributed by atoms with van der Waals surface area (Å²) < 4.78 is 17.8. The first-order valence-corrected chi connectivity index (χ1v) is 5.76. The van der Waals surface area contributed by atoms with Crippen LogP contribution in [0.15, 0.2) is 42.5 Å². The van der Waals surface area contributed by atoms with Crippen LogP contribution in [0.5, 0.6) is 0 Å². The number of ether oxygens (including phenoxy) is 1. The van der Waals surface area contributed by atoms with Crippen LogP contribution in [0.1, 0.15) is 11.3 Å². The maximum Gasteiger partial charge on any atom is 0.412 e. The molecule has 0 saturated carbocycles. The second kappa shape index (κ2) is 5.95. The molecule has 1 heterocycles. The van der Waals surface area contributed by atoms with Crippen LogP contribution in [0, 0.1) is 12.9 Å². The number of hydrogen-bond acceptors (Lipinski definition) is 3. The number of nitrogens with one attached hydrogen (secondary N) is 1. The Morgan fingerprint density at radius 1 is 1.26 bits per heavy atom. The van der Waals surface area contributed by atoms with Crippen molar-refractivity contribution in [3.8, 4) is 0 Å². The summed E-state index contributed by atoms with van der Waals surface area (Å²) in [5.41, 5.74) is 1.72. The molecule has 0 radical (unpaired) electrons. The van der Waals surface area contributed by atoms with E-state index in [0.717, 1.165) is 5.56 Å². The van der Waals surface area contributed by atoms with Gasteiger partial charge in [0, 0.05) is 0 Å². The van der Waals surface area contributed by atoms with Gasteiger partial charge in [-0.2, -0.15) is 4.39 Å². The van der Waals surface area contributed by atoms with Gasteiger partial charge < -0.3 is 4.74 Å². The lowest BCUT2D eigenvalue weighted by Gasteiger charge is -2.08. The molecule has 1 aromatic heterocycles.